The smallest absolute Gasteiger partial charge is 0.272 e. The number of nitrogens with one attached hydrogen (secondary N) is 1. The number of ether oxygens (including phenoxy) is 1. The SMILES string of the molecule is Cc1cc(OC(C)C(=O)Nc2cc(Cl)ccc2Cl)ccc1[N+](=O)[O-]. The number of halogens is 2. The van der Waals surface area contributed by atoms with Gasteiger partial charge in [0.2, 0.25) is 0 Å². The van der Waals surface area contributed by atoms with Crippen LogP contribution in [0.25, 0.3) is 0 Å². The summed E-state index contributed by atoms with van der Waals surface area (Å²) >= 11 is 11.9. The average molecular weight is 369 g/mol. The van der Waals surface area contributed by atoms with Crippen LogP contribution in [0.2, 0.25) is 10.0 Å². The Balaban J connectivity index is 2.07. The molecular formula is C16H14Cl2N2O4. The summed E-state index contributed by atoms with van der Waals surface area (Å²) in [6, 6.07) is 9.01. The topological polar surface area (TPSA) is 81.5 Å². The van der Waals surface area contributed by atoms with Crippen LogP contribution in [0.5, 0.6) is 5.75 Å². The van der Waals surface area contributed by atoms with Gasteiger partial charge in [-0.15, -0.1) is 0 Å². The van der Waals surface area contributed by atoms with Crippen molar-refractivity contribution in [1.29, 1.82) is 0 Å². The minimum atomic E-state index is -0.832. The first kappa shape index (κ1) is 18.0. The van der Waals surface area contributed by atoms with Crippen LogP contribution in [0.4, 0.5) is 11.4 Å². The van der Waals surface area contributed by atoms with Gasteiger partial charge in [-0.2, -0.15) is 0 Å². The molecule has 0 aliphatic rings. The number of nitrogens with zero attached hydrogens (tertiary/aromatic N) is 1. The maximum atomic E-state index is 12.2. The Bertz CT molecular complexity index is 796. The fourth-order valence-electron chi connectivity index (χ4n) is 1.99. The van der Waals surface area contributed by atoms with Crippen LogP contribution in [-0.4, -0.2) is 16.9 Å². The number of benzene rings is 2. The highest BCUT2D eigenvalue weighted by molar-refractivity contribution is 6.35. The van der Waals surface area contributed by atoms with Crippen molar-refractivity contribution >= 4 is 40.5 Å². The van der Waals surface area contributed by atoms with Gasteiger partial charge in [0.05, 0.1) is 15.6 Å². The Morgan fingerprint density at radius 3 is 2.58 bits per heavy atom. The highest BCUT2D eigenvalue weighted by Gasteiger charge is 2.18. The zero-order valence-corrected chi connectivity index (χ0v) is 14.4. The van der Waals surface area contributed by atoms with Gasteiger partial charge in [0.15, 0.2) is 6.10 Å². The number of anilines is 1. The van der Waals surface area contributed by atoms with Crippen molar-refractivity contribution in [3.05, 3.63) is 62.1 Å². The molecule has 1 amide bonds. The highest BCUT2D eigenvalue weighted by atomic mass is 35.5. The maximum absolute atomic E-state index is 12.2. The van der Waals surface area contributed by atoms with Gasteiger partial charge in [-0.25, -0.2) is 0 Å². The first-order valence-electron chi connectivity index (χ1n) is 6.95. The summed E-state index contributed by atoms with van der Waals surface area (Å²) in [6.07, 6.45) is -0.832. The van der Waals surface area contributed by atoms with E-state index in [1.54, 1.807) is 26.0 Å². The molecule has 1 atom stereocenters. The van der Waals surface area contributed by atoms with Gasteiger partial charge in [-0.1, -0.05) is 23.2 Å². The van der Waals surface area contributed by atoms with E-state index in [1.165, 1.54) is 24.3 Å². The summed E-state index contributed by atoms with van der Waals surface area (Å²) in [4.78, 5) is 22.5. The van der Waals surface area contributed by atoms with E-state index in [1.807, 2.05) is 0 Å². The third-order valence-corrected chi connectivity index (χ3v) is 3.80. The molecule has 0 aliphatic heterocycles. The molecule has 1 N–H and O–H groups in total. The summed E-state index contributed by atoms with van der Waals surface area (Å²) in [5.41, 5.74) is 0.817. The number of carbonyl (C=O) groups is 1. The summed E-state index contributed by atoms with van der Waals surface area (Å²) in [6.45, 7) is 3.16. The molecule has 0 spiro atoms. The summed E-state index contributed by atoms with van der Waals surface area (Å²) in [7, 11) is 0. The van der Waals surface area contributed by atoms with E-state index in [-0.39, 0.29) is 5.69 Å². The third kappa shape index (κ3) is 4.37. The molecule has 0 radical (unpaired) electrons. The highest BCUT2D eigenvalue weighted by Crippen LogP contribution is 2.26. The molecule has 24 heavy (non-hydrogen) atoms. The monoisotopic (exact) mass is 368 g/mol. The number of hydrogen-bond donors (Lipinski definition) is 1. The van der Waals surface area contributed by atoms with Crippen LogP contribution in [0.3, 0.4) is 0 Å². The lowest BCUT2D eigenvalue weighted by atomic mass is 10.2. The van der Waals surface area contributed by atoms with E-state index >= 15 is 0 Å². The van der Waals surface area contributed by atoms with Gasteiger partial charge < -0.3 is 10.1 Å². The van der Waals surface area contributed by atoms with E-state index in [0.717, 1.165) is 0 Å². The molecular weight excluding hydrogens is 355 g/mol. The first-order chi connectivity index (χ1) is 11.3. The number of hydrogen-bond acceptors (Lipinski definition) is 4. The second-order valence-corrected chi connectivity index (χ2v) is 5.92. The molecule has 2 aromatic rings. The molecule has 2 rings (SSSR count). The molecule has 2 aromatic carbocycles. The van der Waals surface area contributed by atoms with Crippen LogP contribution < -0.4 is 10.1 Å². The number of carbonyl (C=O) groups excluding carboxylic acids is 1. The van der Waals surface area contributed by atoms with Crippen molar-refractivity contribution in [3.8, 4) is 5.75 Å². The lowest BCUT2D eigenvalue weighted by Gasteiger charge is -2.16. The zero-order valence-electron chi connectivity index (χ0n) is 12.9. The summed E-state index contributed by atoms with van der Waals surface area (Å²) < 4.78 is 5.52. The lowest BCUT2D eigenvalue weighted by molar-refractivity contribution is -0.385. The van der Waals surface area contributed by atoms with Crippen LogP contribution in [0.1, 0.15) is 12.5 Å². The first-order valence-corrected chi connectivity index (χ1v) is 7.71. The van der Waals surface area contributed by atoms with E-state index < -0.39 is 16.9 Å². The molecule has 0 fully saturated rings. The maximum Gasteiger partial charge on any atom is 0.272 e. The van der Waals surface area contributed by atoms with Gasteiger partial charge in [0.1, 0.15) is 5.75 Å². The van der Waals surface area contributed by atoms with Crippen LogP contribution in [0, 0.1) is 17.0 Å². The quantitative estimate of drug-likeness (QED) is 0.616. The van der Waals surface area contributed by atoms with E-state index in [9.17, 15) is 14.9 Å². The predicted octanol–water partition coefficient (Wildman–Crippen LogP) is 4.62. The number of amides is 1. The van der Waals surface area contributed by atoms with Crippen LogP contribution in [-0.2, 0) is 4.79 Å². The van der Waals surface area contributed by atoms with E-state index in [4.69, 9.17) is 27.9 Å². The Hall–Kier alpha value is -2.31. The Morgan fingerprint density at radius 1 is 1.25 bits per heavy atom. The Kier molecular flexibility index (Phi) is 5.64. The van der Waals surface area contributed by atoms with Crippen LogP contribution >= 0.6 is 23.2 Å². The van der Waals surface area contributed by atoms with Crippen molar-refractivity contribution in [2.75, 3.05) is 5.32 Å². The number of rotatable bonds is 5. The van der Waals surface area contributed by atoms with Crippen molar-refractivity contribution in [2.45, 2.75) is 20.0 Å². The summed E-state index contributed by atoms with van der Waals surface area (Å²) in [5, 5.41) is 14.2. The second-order valence-electron chi connectivity index (χ2n) is 5.08. The minimum Gasteiger partial charge on any atom is -0.481 e. The Morgan fingerprint density at radius 2 is 1.96 bits per heavy atom. The fourth-order valence-corrected chi connectivity index (χ4v) is 2.33. The molecule has 6 nitrogen and oxygen atoms in total. The van der Waals surface area contributed by atoms with Gasteiger partial charge in [0, 0.05) is 16.7 Å². The summed E-state index contributed by atoms with van der Waals surface area (Å²) in [5.74, 6) is -0.0619. The molecule has 0 bridgehead atoms. The lowest BCUT2D eigenvalue weighted by Crippen LogP contribution is -2.30. The van der Waals surface area contributed by atoms with Crippen molar-refractivity contribution in [1.82, 2.24) is 0 Å². The number of nitro groups is 1. The van der Waals surface area contributed by atoms with Crippen molar-refractivity contribution < 1.29 is 14.5 Å². The number of aryl methyl sites for hydroxylation is 1. The third-order valence-electron chi connectivity index (χ3n) is 3.23. The minimum absolute atomic E-state index is 0.00911. The molecule has 0 aromatic heterocycles. The predicted molar refractivity (Wildman–Crippen MR) is 93.0 cm³/mol. The van der Waals surface area contributed by atoms with Crippen molar-refractivity contribution in [2.24, 2.45) is 0 Å². The van der Waals surface area contributed by atoms with Crippen molar-refractivity contribution in [3.63, 3.8) is 0 Å². The normalized spacial score (nSPS) is 11.7. The second kappa shape index (κ2) is 7.51. The van der Waals surface area contributed by atoms with Gasteiger partial charge >= 0.3 is 0 Å². The largest absolute Gasteiger partial charge is 0.481 e. The molecule has 8 heteroatoms. The van der Waals surface area contributed by atoms with E-state index in [2.05, 4.69) is 5.32 Å². The van der Waals surface area contributed by atoms with Gasteiger partial charge in [-0.3, -0.25) is 14.9 Å². The molecule has 0 heterocycles. The van der Waals surface area contributed by atoms with Crippen LogP contribution in [0.15, 0.2) is 36.4 Å². The zero-order chi connectivity index (χ0) is 17.9. The molecule has 126 valence electrons. The standard InChI is InChI=1S/C16H14Cl2N2O4/c1-9-7-12(4-6-15(9)20(22)23)24-10(2)16(21)19-14-8-11(17)3-5-13(14)18/h3-8,10H,1-2H3,(H,19,21). The molecule has 1 unspecified atom stereocenters. The molecule has 0 aliphatic carbocycles. The molecule has 0 saturated carbocycles. The average Bonchev–Trinajstić information content (AvgIpc) is 2.50. The van der Waals surface area contributed by atoms with E-state index in [0.29, 0.717) is 27.0 Å². The molecule has 0 saturated heterocycles. The number of nitro benzene ring substituents is 1. The van der Waals surface area contributed by atoms with Gasteiger partial charge in [0.25, 0.3) is 11.6 Å². The van der Waals surface area contributed by atoms with Gasteiger partial charge in [-0.05, 0) is 44.2 Å². The fraction of sp³-hybridized carbons (Fsp3) is 0.188. The Labute approximate surface area is 148 Å².